The zero-order valence-electron chi connectivity index (χ0n) is 3.45. The summed E-state index contributed by atoms with van der Waals surface area (Å²) in [6.45, 7) is 0.538. The lowest BCUT2D eigenvalue weighted by molar-refractivity contribution is -0.176. The Morgan fingerprint density at radius 2 is 2.33 bits per heavy atom. The predicted octanol–water partition coefficient (Wildman–Crippen LogP) is 1.25. The fraction of sp³-hybridized carbons (Fsp3) is 1.00. The van der Waals surface area contributed by atoms with Crippen LogP contribution in [0.1, 0.15) is 6.92 Å². The van der Waals surface area contributed by atoms with E-state index in [1.54, 1.807) is 0 Å². The zero-order valence-corrected chi connectivity index (χ0v) is 3.45. The topological polar surface area (TPSA) is 9.23 Å². The summed E-state index contributed by atoms with van der Waals surface area (Å²) in [6, 6.07) is 0. The van der Waals surface area contributed by atoms with E-state index in [0.717, 1.165) is 0 Å². The van der Waals surface area contributed by atoms with Crippen molar-refractivity contribution in [3.05, 3.63) is 0 Å². The molecule has 6 heavy (non-hydrogen) atoms. The normalized spacial score (nSPS) is 14.5. The highest BCUT2D eigenvalue weighted by atomic mass is 19.3. The third-order valence-electron chi connectivity index (χ3n) is 0.369. The highest BCUT2D eigenvalue weighted by Gasteiger charge is 1.96. The Bertz CT molecular complexity index is 28.0. The Kier molecular flexibility index (Phi) is 2.94. The molecule has 38 valence electrons. The SMILES string of the molecule is CC(CF)OF. The molecule has 0 aliphatic rings. The average molecular weight is 96.1 g/mol. The lowest BCUT2D eigenvalue weighted by Crippen LogP contribution is -2.02. The minimum absolute atomic E-state index is 0.767. The molecule has 0 bridgehead atoms. The Morgan fingerprint density at radius 1 is 1.83 bits per heavy atom. The first kappa shape index (κ1) is 5.82. The van der Waals surface area contributed by atoms with E-state index in [4.69, 9.17) is 0 Å². The van der Waals surface area contributed by atoms with Crippen LogP contribution in [0.4, 0.5) is 8.92 Å². The molecule has 0 radical (unpaired) electrons. The van der Waals surface area contributed by atoms with Gasteiger partial charge in [0.1, 0.15) is 12.8 Å². The quantitative estimate of drug-likeness (QED) is 0.502. The molecule has 1 atom stereocenters. The standard InChI is InChI=1S/C3H6F2O/c1-3(2-4)6-5/h3H,2H2,1H3. The second-order valence-corrected chi connectivity index (χ2v) is 1.05. The molecule has 3 heteroatoms. The Labute approximate surface area is 34.8 Å². The van der Waals surface area contributed by atoms with Gasteiger partial charge in [-0.05, 0) is 11.4 Å². The van der Waals surface area contributed by atoms with Crippen LogP contribution in [-0.4, -0.2) is 12.8 Å². The van der Waals surface area contributed by atoms with Crippen LogP contribution in [0.3, 0.4) is 0 Å². The molecule has 0 rings (SSSR count). The summed E-state index contributed by atoms with van der Waals surface area (Å²) in [5.41, 5.74) is 0. The molecule has 0 aliphatic heterocycles. The fourth-order valence-corrected chi connectivity index (χ4v) is 0.0238. The first-order valence-corrected chi connectivity index (χ1v) is 1.64. The van der Waals surface area contributed by atoms with Gasteiger partial charge in [0, 0.05) is 0 Å². The first-order valence-electron chi connectivity index (χ1n) is 1.64. The van der Waals surface area contributed by atoms with Crippen molar-refractivity contribution in [2.75, 3.05) is 6.67 Å². The fourth-order valence-electron chi connectivity index (χ4n) is 0.0238. The summed E-state index contributed by atoms with van der Waals surface area (Å²) in [4.78, 5) is 3.02. The molecule has 0 heterocycles. The maximum Gasteiger partial charge on any atom is 0.124 e. The van der Waals surface area contributed by atoms with E-state index >= 15 is 0 Å². The molecule has 0 N–H and O–H groups in total. The highest BCUT2D eigenvalue weighted by molar-refractivity contribution is 4.37. The minimum Gasteiger partial charge on any atom is -0.248 e. The van der Waals surface area contributed by atoms with Gasteiger partial charge in [-0.15, -0.1) is 0 Å². The van der Waals surface area contributed by atoms with E-state index in [9.17, 15) is 8.92 Å². The van der Waals surface area contributed by atoms with E-state index in [2.05, 4.69) is 4.94 Å². The molecule has 0 aliphatic carbocycles. The van der Waals surface area contributed by atoms with Gasteiger partial charge in [-0.2, -0.15) is 4.94 Å². The lowest BCUT2D eigenvalue weighted by atomic mass is 10.5. The maximum atomic E-state index is 11.0. The molecular formula is C3H6F2O. The molecule has 0 aromatic carbocycles. The van der Waals surface area contributed by atoms with E-state index in [-0.39, 0.29) is 0 Å². The van der Waals surface area contributed by atoms with Gasteiger partial charge >= 0.3 is 0 Å². The van der Waals surface area contributed by atoms with E-state index in [0.29, 0.717) is 0 Å². The maximum absolute atomic E-state index is 11.0. The smallest absolute Gasteiger partial charge is 0.124 e. The van der Waals surface area contributed by atoms with Crippen LogP contribution in [0, 0.1) is 0 Å². The second-order valence-electron chi connectivity index (χ2n) is 1.05. The van der Waals surface area contributed by atoms with Crippen molar-refractivity contribution < 1.29 is 13.9 Å². The van der Waals surface area contributed by atoms with Crippen molar-refractivity contribution in [1.82, 2.24) is 0 Å². The lowest BCUT2D eigenvalue weighted by Gasteiger charge is -1.92. The third-order valence-corrected chi connectivity index (χ3v) is 0.369. The number of halogens is 2. The Morgan fingerprint density at radius 3 is 2.33 bits per heavy atom. The molecule has 0 saturated carbocycles. The van der Waals surface area contributed by atoms with Crippen molar-refractivity contribution in [1.29, 1.82) is 0 Å². The third kappa shape index (κ3) is 2.08. The van der Waals surface area contributed by atoms with Crippen LogP contribution in [0.15, 0.2) is 0 Å². The largest absolute Gasteiger partial charge is 0.248 e. The van der Waals surface area contributed by atoms with Crippen LogP contribution in [-0.2, 0) is 4.94 Å². The molecule has 0 amide bonds. The molecule has 0 aromatic heterocycles. The number of hydrogen-bond donors (Lipinski definition) is 0. The van der Waals surface area contributed by atoms with Crippen LogP contribution in [0.5, 0.6) is 0 Å². The second kappa shape index (κ2) is 3.03. The van der Waals surface area contributed by atoms with Crippen LogP contribution in [0.2, 0.25) is 0 Å². The summed E-state index contributed by atoms with van der Waals surface area (Å²) in [5, 5.41) is 0. The van der Waals surface area contributed by atoms with Crippen molar-refractivity contribution in [2.24, 2.45) is 0 Å². The number of rotatable bonds is 2. The molecular weight excluding hydrogens is 90.0 g/mol. The first-order chi connectivity index (χ1) is 2.81. The van der Waals surface area contributed by atoms with Crippen molar-refractivity contribution in [2.45, 2.75) is 13.0 Å². The van der Waals surface area contributed by atoms with Crippen LogP contribution >= 0.6 is 0 Å². The summed E-state index contributed by atoms with van der Waals surface area (Å²) in [5.74, 6) is 0. The van der Waals surface area contributed by atoms with Gasteiger partial charge < -0.3 is 0 Å². The molecule has 1 unspecified atom stereocenters. The molecule has 0 saturated heterocycles. The van der Waals surface area contributed by atoms with Crippen LogP contribution in [0.25, 0.3) is 0 Å². The van der Waals surface area contributed by atoms with E-state index in [1.807, 2.05) is 0 Å². The summed E-state index contributed by atoms with van der Waals surface area (Å²) >= 11 is 0. The van der Waals surface area contributed by atoms with Crippen molar-refractivity contribution >= 4 is 0 Å². The van der Waals surface area contributed by atoms with Gasteiger partial charge in [0.15, 0.2) is 0 Å². The molecule has 1 nitrogen and oxygen atoms in total. The van der Waals surface area contributed by atoms with Crippen LogP contribution < -0.4 is 0 Å². The summed E-state index contributed by atoms with van der Waals surface area (Å²) in [7, 11) is 0. The minimum atomic E-state index is -0.898. The zero-order chi connectivity index (χ0) is 4.99. The van der Waals surface area contributed by atoms with Gasteiger partial charge in [0.25, 0.3) is 0 Å². The van der Waals surface area contributed by atoms with Crippen molar-refractivity contribution in [3.8, 4) is 0 Å². The van der Waals surface area contributed by atoms with Gasteiger partial charge in [0.05, 0.1) is 0 Å². The van der Waals surface area contributed by atoms with Gasteiger partial charge in [-0.25, -0.2) is 4.39 Å². The summed E-state index contributed by atoms with van der Waals surface area (Å²) in [6.07, 6.45) is -0.898. The average Bonchev–Trinajstić information content (AvgIpc) is 1.65. The highest BCUT2D eigenvalue weighted by Crippen LogP contribution is 1.88. The number of hydrogen-bond acceptors (Lipinski definition) is 1. The van der Waals surface area contributed by atoms with Gasteiger partial charge in [-0.1, -0.05) is 0 Å². The van der Waals surface area contributed by atoms with Gasteiger partial charge in [-0.3, -0.25) is 0 Å². The van der Waals surface area contributed by atoms with E-state index in [1.165, 1.54) is 6.92 Å². The molecule has 0 fully saturated rings. The Hall–Kier alpha value is -0.180. The monoisotopic (exact) mass is 96.0 g/mol. The number of alkyl halides is 1. The van der Waals surface area contributed by atoms with E-state index < -0.39 is 12.8 Å². The van der Waals surface area contributed by atoms with Crippen molar-refractivity contribution in [3.63, 3.8) is 0 Å². The molecule has 0 spiro atoms. The Balaban J connectivity index is 2.75. The predicted molar refractivity (Wildman–Crippen MR) is 17.6 cm³/mol. The van der Waals surface area contributed by atoms with Gasteiger partial charge in [0.2, 0.25) is 0 Å². The molecule has 0 aromatic rings. The summed E-state index contributed by atoms with van der Waals surface area (Å²) < 4.78 is 21.7.